The minimum atomic E-state index is -4.68. The third-order valence-electron chi connectivity index (χ3n) is 5.32. The normalized spacial score (nSPS) is 14.8. The van der Waals surface area contributed by atoms with Crippen LogP contribution >= 0.6 is 0 Å². The molecule has 1 N–H and O–H groups in total. The third kappa shape index (κ3) is 5.31. The summed E-state index contributed by atoms with van der Waals surface area (Å²) in [5.41, 5.74) is -0.978. The number of piperidine rings is 1. The van der Waals surface area contributed by atoms with E-state index in [-0.39, 0.29) is 42.8 Å². The number of amides is 1. The van der Waals surface area contributed by atoms with Crippen molar-refractivity contribution in [2.75, 3.05) is 18.0 Å². The van der Waals surface area contributed by atoms with E-state index >= 15 is 0 Å². The van der Waals surface area contributed by atoms with Gasteiger partial charge in [-0.2, -0.15) is 13.2 Å². The molecule has 1 saturated heterocycles. The lowest BCUT2D eigenvalue weighted by Crippen LogP contribution is -2.40. The number of hydrogen-bond donors (Lipinski definition) is 1. The number of alkyl halides is 3. The highest BCUT2D eigenvalue weighted by Crippen LogP contribution is 2.37. The first-order valence-corrected chi connectivity index (χ1v) is 9.68. The van der Waals surface area contributed by atoms with Crippen molar-refractivity contribution in [3.63, 3.8) is 0 Å². The van der Waals surface area contributed by atoms with Crippen molar-refractivity contribution in [3.8, 4) is 0 Å². The summed E-state index contributed by atoms with van der Waals surface area (Å²) in [6.45, 7) is 0.755. The summed E-state index contributed by atoms with van der Waals surface area (Å²) in [6, 6.07) is 8.21. The Bertz CT molecular complexity index is 1020. The summed E-state index contributed by atoms with van der Waals surface area (Å²) in [5, 5.41) is 24.7. The minimum absolute atomic E-state index is 0.0511. The molecule has 32 heavy (non-hydrogen) atoms. The number of non-ortho nitro benzene ring substituents is 1. The van der Waals surface area contributed by atoms with Gasteiger partial charge in [0.25, 0.3) is 11.4 Å². The lowest BCUT2D eigenvalue weighted by molar-refractivity contribution is -0.384. The van der Waals surface area contributed by atoms with E-state index in [1.165, 1.54) is 12.1 Å². The average molecular weight is 452 g/mol. The van der Waals surface area contributed by atoms with E-state index in [4.69, 9.17) is 0 Å². The van der Waals surface area contributed by atoms with Crippen LogP contribution in [-0.2, 0) is 17.5 Å². The maximum atomic E-state index is 12.9. The van der Waals surface area contributed by atoms with Gasteiger partial charge in [-0.15, -0.1) is 0 Å². The Morgan fingerprint density at radius 1 is 1.03 bits per heavy atom. The molecule has 170 valence electrons. The number of hydrogen-bond acceptors (Lipinski definition) is 6. The highest BCUT2D eigenvalue weighted by Gasteiger charge is 2.34. The fourth-order valence-electron chi connectivity index (χ4n) is 3.57. The molecule has 12 heteroatoms. The third-order valence-corrected chi connectivity index (χ3v) is 5.32. The van der Waals surface area contributed by atoms with Gasteiger partial charge < -0.3 is 10.2 Å². The SMILES string of the molecule is O=C(NCc1ccc([N+](=O)[O-])cc1)C1CCN(c2ccc(C(F)(F)F)cc2[N+](=O)[O-])CC1. The summed E-state index contributed by atoms with van der Waals surface area (Å²) in [5.74, 6) is -0.567. The molecule has 3 rings (SSSR count). The van der Waals surface area contributed by atoms with Gasteiger partial charge in [0.2, 0.25) is 5.91 Å². The van der Waals surface area contributed by atoms with E-state index in [0.29, 0.717) is 24.5 Å². The molecule has 1 aliphatic rings. The molecule has 1 amide bonds. The van der Waals surface area contributed by atoms with E-state index in [9.17, 15) is 38.2 Å². The van der Waals surface area contributed by atoms with Crippen molar-refractivity contribution in [2.24, 2.45) is 5.92 Å². The predicted octanol–water partition coefficient (Wildman–Crippen LogP) is 4.05. The van der Waals surface area contributed by atoms with Crippen LogP contribution in [0.4, 0.5) is 30.2 Å². The zero-order chi connectivity index (χ0) is 23.5. The van der Waals surface area contributed by atoms with Gasteiger partial charge in [-0.1, -0.05) is 12.1 Å². The van der Waals surface area contributed by atoms with Gasteiger partial charge >= 0.3 is 6.18 Å². The van der Waals surface area contributed by atoms with Crippen LogP contribution in [-0.4, -0.2) is 28.8 Å². The number of rotatable bonds is 6. The van der Waals surface area contributed by atoms with Crippen LogP contribution in [0.1, 0.15) is 24.0 Å². The van der Waals surface area contributed by atoms with Crippen molar-refractivity contribution in [2.45, 2.75) is 25.6 Å². The van der Waals surface area contributed by atoms with E-state index < -0.39 is 27.3 Å². The average Bonchev–Trinajstić information content (AvgIpc) is 2.76. The summed E-state index contributed by atoms with van der Waals surface area (Å²) in [6.07, 6.45) is -3.92. The van der Waals surface area contributed by atoms with Gasteiger partial charge in [0, 0.05) is 43.8 Å². The number of benzene rings is 2. The van der Waals surface area contributed by atoms with Gasteiger partial charge in [0.15, 0.2) is 0 Å². The Morgan fingerprint density at radius 3 is 2.19 bits per heavy atom. The molecule has 1 aliphatic heterocycles. The first-order chi connectivity index (χ1) is 15.1. The molecular weight excluding hydrogens is 433 g/mol. The summed E-state index contributed by atoms with van der Waals surface area (Å²) in [4.78, 5) is 34.7. The molecule has 1 heterocycles. The van der Waals surface area contributed by atoms with Crippen molar-refractivity contribution >= 4 is 23.0 Å². The van der Waals surface area contributed by atoms with Gasteiger partial charge in [0.1, 0.15) is 5.69 Å². The molecule has 0 bridgehead atoms. The molecule has 2 aromatic rings. The van der Waals surface area contributed by atoms with E-state index in [1.807, 2.05) is 0 Å². The van der Waals surface area contributed by atoms with Crippen LogP contribution in [0.15, 0.2) is 42.5 Å². The van der Waals surface area contributed by atoms with Crippen LogP contribution < -0.4 is 10.2 Å². The number of nitro groups is 2. The predicted molar refractivity (Wildman–Crippen MR) is 108 cm³/mol. The highest BCUT2D eigenvalue weighted by molar-refractivity contribution is 5.79. The van der Waals surface area contributed by atoms with E-state index in [0.717, 1.165) is 12.1 Å². The zero-order valence-corrected chi connectivity index (χ0v) is 16.7. The number of carbonyl (C=O) groups excluding carboxylic acids is 1. The fourth-order valence-corrected chi connectivity index (χ4v) is 3.57. The molecule has 0 saturated carbocycles. The quantitative estimate of drug-likeness (QED) is 0.522. The minimum Gasteiger partial charge on any atom is -0.366 e. The van der Waals surface area contributed by atoms with Crippen molar-refractivity contribution in [1.82, 2.24) is 5.32 Å². The molecule has 0 atom stereocenters. The van der Waals surface area contributed by atoms with E-state index in [2.05, 4.69) is 5.32 Å². The second kappa shape index (κ2) is 9.20. The monoisotopic (exact) mass is 452 g/mol. The lowest BCUT2D eigenvalue weighted by Gasteiger charge is -2.32. The van der Waals surface area contributed by atoms with Crippen LogP contribution in [0.25, 0.3) is 0 Å². The molecule has 0 spiro atoms. The Labute approximate surface area is 180 Å². The topological polar surface area (TPSA) is 119 Å². The Kier molecular flexibility index (Phi) is 6.61. The smallest absolute Gasteiger partial charge is 0.366 e. The van der Waals surface area contributed by atoms with Gasteiger partial charge in [-0.05, 0) is 30.5 Å². The van der Waals surface area contributed by atoms with Crippen LogP contribution in [0.5, 0.6) is 0 Å². The zero-order valence-electron chi connectivity index (χ0n) is 16.7. The molecule has 0 radical (unpaired) electrons. The summed E-state index contributed by atoms with van der Waals surface area (Å²) in [7, 11) is 0. The first-order valence-electron chi connectivity index (χ1n) is 9.68. The summed E-state index contributed by atoms with van der Waals surface area (Å²) < 4.78 is 38.7. The standard InChI is InChI=1S/C20H19F3N4O5/c21-20(22,23)15-3-6-17(18(11-15)27(31)32)25-9-7-14(8-10-25)19(28)24-12-13-1-4-16(5-2-13)26(29)30/h1-6,11,14H,7-10,12H2,(H,24,28). The number of halogens is 3. The van der Waals surface area contributed by atoms with E-state index in [1.54, 1.807) is 17.0 Å². The summed E-state index contributed by atoms with van der Waals surface area (Å²) >= 11 is 0. The first kappa shape index (κ1) is 23.0. The fraction of sp³-hybridized carbons (Fsp3) is 0.350. The van der Waals surface area contributed by atoms with Crippen molar-refractivity contribution in [3.05, 3.63) is 73.8 Å². The van der Waals surface area contributed by atoms with Gasteiger partial charge in [-0.25, -0.2) is 0 Å². The maximum Gasteiger partial charge on any atom is 0.416 e. The molecule has 0 aliphatic carbocycles. The molecular formula is C20H19F3N4O5. The highest BCUT2D eigenvalue weighted by atomic mass is 19.4. The molecule has 9 nitrogen and oxygen atoms in total. The Balaban J connectivity index is 1.59. The second-order valence-corrected chi connectivity index (χ2v) is 7.36. The van der Waals surface area contributed by atoms with Crippen molar-refractivity contribution < 1.29 is 27.8 Å². The maximum absolute atomic E-state index is 12.9. The number of anilines is 1. The Hall–Kier alpha value is -3.70. The van der Waals surface area contributed by atoms with Gasteiger partial charge in [-0.3, -0.25) is 25.0 Å². The number of nitro benzene ring substituents is 2. The number of nitrogens with zero attached hydrogens (tertiary/aromatic N) is 3. The Morgan fingerprint density at radius 2 is 1.66 bits per heavy atom. The van der Waals surface area contributed by atoms with Crippen molar-refractivity contribution in [1.29, 1.82) is 0 Å². The van der Waals surface area contributed by atoms with Gasteiger partial charge in [0.05, 0.1) is 15.4 Å². The molecule has 1 fully saturated rings. The van der Waals surface area contributed by atoms with Crippen LogP contribution in [0, 0.1) is 26.1 Å². The number of carbonyl (C=O) groups is 1. The molecule has 2 aromatic carbocycles. The number of nitrogens with one attached hydrogen (secondary N) is 1. The van der Waals surface area contributed by atoms with Crippen LogP contribution in [0.3, 0.4) is 0 Å². The molecule has 0 aromatic heterocycles. The molecule has 0 unspecified atom stereocenters. The largest absolute Gasteiger partial charge is 0.416 e. The second-order valence-electron chi connectivity index (χ2n) is 7.36. The lowest BCUT2D eigenvalue weighted by atomic mass is 9.95. The van der Waals surface area contributed by atoms with Crippen LogP contribution in [0.2, 0.25) is 0 Å².